The van der Waals surface area contributed by atoms with Crippen molar-refractivity contribution >= 4 is 29.9 Å². The molecule has 0 bridgehead atoms. The normalized spacial score (nSPS) is 15.1. The number of para-hydroxylation sites is 1. The number of likely N-dealkylation sites (tertiary alicyclic amines) is 1. The van der Waals surface area contributed by atoms with Gasteiger partial charge in [-0.1, -0.05) is 23.4 Å². The Labute approximate surface area is 191 Å². The molecule has 2 aromatic rings. The first-order chi connectivity index (χ1) is 13.7. The summed E-state index contributed by atoms with van der Waals surface area (Å²) in [4.78, 5) is 7.20. The molecule has 1 aliphatic heterocycles. The van der Waals surface area contributed by atoms with Gasteiger partial charge in [0.25, 0.3) is 0 Å². The van der Waals surface area contributed by atoms with E-state index in [0.29, 0.717) is 0 Å². The molecule has 1 fully saturated rings. The molecule has 160 valence electrons. The van der Waals surface area contributed by atoms with Crippen LogP contribution in [0.1, 0.15) is 43.2 Å². The number of aliphatic imine (C=N–C) groups is 1. The van der Waals surface area contributed by atoms with E-state index >= 15 is 0 Å². The Balaban J connectivity index is 0.00000300. The lowest BCUT2D eigenvalue weighted by atomic mass is 10.1. The number of hydrogen-bond donors (Lipinski definition) is 1. The first-order valence-electron chi connectivity index (χ1n) is 10.3. The molecule has 1 aliphatic rings. The van der Waals surface area contributed by atoms with E-state index < -0.39 is 0 Å². The van der Waals surface area contributed by atoms with E-state index in [4.69, 9.17) is 14.3 Å². The number of aryl methyl sites for hydroxylation is 2. The lowest BCUT2D eigenvalue weighted by Gasteiger charge is -2.34. The van der Waals surface area contributed by atoms with Crippen molar-refractivity contribution in [2.75, 3.05) is 26.2 Å². The van der Waals surface area contributed by atoms with E-state index in [0.717, 1.165) is 75.0 Å². The fourth-order valence-electron chi connectivity index (χ4n) is 3.60. The molecule has 0 spiro atoms. The molecule has 0 saturated carbocycles. The molecule has 0 aliphatic carbocycles. The fraction of sp³-hybridized carbons (Fsp3) is 0.545. The second-order valence-corrected chi connectivity index (χ2v) is 7.26. The van der Waals surface area contributed by atoms with E-state index in [2.05, 4.69) is 22.3 Å². The second-order valence-electron chi connectivity index (χ2n) is 7.26. The minimum Gasteiger partial charge on any atom is -0.490 e. The third-order valence-electron chi connectivity index (χ3n) is 5.15. The van der Waals surface area contributed by atoms with E-state index in [1.165, 1.54) is 5.56 Å². The Bertz CT molecular complexity index is 736. The number of nitrogens with zero attached hydrogens (tertiary/aromatic N) is 3. The van der Waals surface area contributed by atoms with Crippen LogP contribution in [-0.2, 0) is 6.42 Å². The van der Waals surface area contributed by atoms with E-state index in [9.17, 15) is 0 Å². The van der Waals surface area contributed by atoms with Gasteiger partial charge in [0.05, 0.1) is 5.69 Å². The highest BCUT2D eigenvalue weighted by molar-refractivity contribution is 14.0. The van der Waals surface area contributed by atoms with Gasteiger partial charge in [0.2, 0.25) is 0 Å². The van der Waals surface area contributed by atoms with Gasteiger partial charge in [0.15, 0.2) is 5.96 Å². The van der Waals surface area contributed by atoms with Crippen LogP contribution in [-0.4, -0.2) is 48.3 Å². The van der Waals surface area contributed by atoms with Gasteiger partial charge >= 0.3 is 0 Å². The summed E-state index contributed by atoms with van der Waals surface area (Å²) in [5, 5.41) is 7.46. The van der Waals surface area contributed by atoms with Crippen molar-refractivity contribution < 1.29 is 9.26 Å². The van der Waals surface area contributed by atoms with Crippen LogP contribution >= 0.6 is 24.0 Å². The molecule has 7 heteroatoms. The summed E-state index contributed by atoms with van der Waals surface area (Å²) in [7, 11) is 0. The molecule has 3 rings (SSSR count). The maximum atomic E-state index is 6.10. The molecule has 6 nitrogen and oxygen atoms in total. The van der Waals surface area contributed by atoms with E-state index in [-0.39, 0.29) is 30.1 Å². The summed E-state index contributed by atoms with van der Waals surface area (Å²) < 4.78 is 11.3. The maximum Gasteiger partial charge on any atom is 0.193 e. The first kappa shape index (κ1) is 23.5. The molecule has 1 aromatic heterocycles. The van der Waals surface area contributed by atoms with Crippen molar-refractivity contribution in [3.63, 3.8) is 0 Å². The molecule has 0 radical (unpaired) electrons. The zero-order valence-corrected chi connectivity index (χ0v) is 20.0. The third-order valence-corrected chi connectivity index (χ3v) is 5.15. The molecule has 1 N–H and O–H groups in total. The molecule has 1 aromatic carbocycles. The van der Waals surface area contributed by atoms with Crippen LogP contribution in [0, 0.1) is 13.8 Å². The van der Waals surface area contributed by atoms with Crippen molar-refractivity contribution in [2.45, 2.75) is 52.6 Å². The zero-order chi connectivity index (χ0) is 19.8. The zero-order valence-electron chi connectivity index (χ0n) is 17.7. The monoisotopic (exact) mass is 512 g/mol. The predicted molar refractivity (Wildman–Crippen MR) is 127 cm³/mol. The molecule has 29 heavy (non-hydrogen) atoms. The number of guanidine groups is 1. The molecule has 1 saturated heterocycles. The minimum atomic E-state index is 0. The van der Waals surface area contributed by atoms with Crippen LogP contribution in [0.4, 0.5) is 0 Å². The average Bonchev–Trinajstić information content (AvgIpc) is 3.03. The molecular formula is C22H33IN4O2. The highest BCUT2D eigenvalue weighted by Gasteiger charge is 2.22. The van der Waals surface area contributed by atoms with Gasteiger partial charge in [0, 0.05) is 44.6 Å². The Hall–Kier alpha value is -1.77. The lowest BCUT2D eigenvalue weighted by Crippen LogP contribution is -2.47. The standard InChI is InChI=1S/C22H32N4O2.HI/c1-4-23-22(24-14-8-11-21-17(2)25-28-18(21)3)26-15-12-20(13-16-26)27-19-9-6-5-7-10-19;/h5-7,9-10,20H,4,8,11-16H2,1-3H3,(H,23,24);1H. The lowest BCUT2D eigenvalue weighted by molar-refractivity contribution is 0.129. The Morgan fingerprint density at radius 3 is 2.59 bits per heavy atom. The predicted octanol–water partition coefficient (Wildman–Crippen LogP) is 4.35. The van der Waals surface area contributed by atoms with Gasteiger partial charge in [-0.15, -0.1) is 24.0 Å². The number of ether oxygens (including phenoxy) is 1. The summed E-state index contributed by atoms with van der Waals surface area (Å²) in [5.74, 6) is 2.90. The number of rotatable bonds is 7. The number of nitrogens with one attached hydrogen (secondary N) is 1. The van der Waals surface area contributed by atoms with Gasteiger partial charge < -0.3 is 19.5 Å². The summed E-state index contributed by atoms with van der Waals surface area (Å²) in [6, 6.07) is 10.1. The number of halogens is 1. The second kappa shape index (κ2) is 12.0. The van der Waals surface area contributed by atoms with Crippen LogP contribution in [0.25, 0.3) is 0 Å². The quantitative estimate of drug-likeness (QED) is 0.259. The summed E-state index contributed by atoms with van der Waals surface area (Å²) in [6.07, 6.45) is 4.25. The molecule has 2 heterocycles. The Morgan fingerprint density at radius 1 is 1.24 bits per heavy atom. The van der Waals surface area contributed by atoms with E-state index in [1.807, 2.05) is 44.2 Å². The number of hydrogen-bond acceptors (Lipinski definition) is 4. The largest absolute Gasteiger partial charge is 0.490 e. The average molecular weight is 512 g/mol. The van der Waals surface area contributed by atoms with Crippen LogP contribution in [0.5, 0.6) is 5.75 Å². The molecule has 0 unspecified atom stereocenters. The Kier molecular flexibility index (Phi) is 9.76. The minimum absolute atomic E-state index is 0. The molecule has 0 atom stereocenters. The number of piperidine rings is 1. The summed E-state index contributed by atoms with van der Waals surface area (Å²) in [6.45, 7) is 9.70. The van der Waals surface area contributed by atoms with Gasteiger partial charge in [-0.2, -0.15) is 0 Å². The van der Waals surface area contributed by atoms with Crippen molar-refractivity contribution in [2.24, 2.45) is 4.99 Å². The topological polar surface area (TPSA) is 62.9 Å². The molecular weight excluding hydrogens is 479 g/mol. The SMILES string of the molecule is CCNC(=NCCCc1c(C)noc1C)N1CCC(Oc2ccccc2)CC1.I. The van der Waals surface area contributed by atoms with Crippen molar-refractivity contribution in [1.29, 1.82) is 0 Å². The van der Waals surface area contributed by atoms with Gasteiger partial charge in [-0.25, -0.2) is 0 Å². The summed E-state index contributed by atoms with van der Waals surface area (Å²) in [5.41, 5.74) is 2.22. The Morgan fingerprint density at radius 2 is 1.97 bits per heavy atom. The van der Waals surface area contributed by atoms with Crippen molar-refractivity contribution in [3.8, 4) is 5.75 Å². The van der Waals surface area contributed by atoms with Gasteiger partial charge in [-0.05, 0) is 45.7 Å². The molecule has 0 amide bonds. The highest BCUT2D eigenvalue weighted by Crippen LogP contribution is 2.19. The van der Waals surface area contributed by atoms with Gasteiger partial charge in [0.1, 0.15) is 17.6 Å². The van der Waals surface area contributed by atoms with E-state index in [1.54, 1.807) is 0 Å². The van der Waals surface area contributed by atoms with Gasteiger partial charge in [-0.3, -0.25) is 4.99 Å². The van der Waals surface area contributed by atoms with Crippen LogP contribution < -0.4 is 10.1 Å². The third kappa shape index (κ3) is 6.90. The van der Waals surface area contributed by atoms with Crippen LogP contribution in [0.3, 0.4) is 0 Å². The summed E-state index contributed by atoms with van der Waals surface area (Å²) >= 11 is 0. The van der Waals surface area contributed by atoms with Crippen molar-refractivity contribution in [1.82, 2.24) is 15.4 Å². The highest BCUT2D eigenvalue weighted by atomic mass is 127. The smallest absolute Gasteiger partial charge is 0.193 e. The van der Waals surface area contributed by atoms with Crippen LogP contribution in [0.15, 0.2) is 39.8 Å². The van der Waals surface area contributed by atoms with Crippen LogP contribution in [0.2, 0.25) is 0 Å². The van der Waals surface area contributed by atoms with Crippen molar-refractivity contribution in [3.05, 3.63) is 47.3 Å². The first-order valence-corrected chi connectivity index (χ1v) is 10.3. The maximum absolute atomic E-state index is 6.10. The number of benzene rings is 1. The fourth-order valence-corrected chi connectivity index (χ4v) is 3.60. The number of aromatic nitrogens is 1.